The van der Waals surface area contributed by atoms with Gasteiger partial charge in [-0.2, -0.15) is 0 Å². The Labute approximate surface area is 144 Å². The molecule has 0 bridgehead atoms. The van der Waals surface area contributed by atoms with Crippen molar-refractivity contribution in [2.45, 2.75) is 58.9 Å². The molecule has 134 valence electrons. The van der Waals surface area contributed by atoms with E-state index in [4.69, 9.17) is 15.6 Å². The minimum Gasteiger partial charge on any atom is -0.494 e. The molecule has 2 atom stereocenters. The van der Waals surface area contributed by atoms with Crippen molar-refractivity contribution in [2.75, 3.05) is 17.7 Å². The minimum atomic E-state index is -0.803. The van der Waals surface area contributed by atoms with Crippen LogP contribution in [0.1, 0.15) is 52.9 Å². The number of hydrogen-bond acceptors (Lipinski definition) is 4. The molecule has 0 amide bonds. The molecule has 24 heavy (non-hydrogen) atoms. The van der Waals surface area contributed by atoms with Gasteiger partial charge in [-0.1, -0.05) is 20.8 Å². The van der Waals surface area contributed by atoms with Crippen LogP contribution in [-0.4, -0.2) is 23.7 Å². The Morgan fingerprint density at radius 2 is 2.17 bits per heavy atom. The lowest BCUT2D eigenvalue weighted by Gasteiger charge is -2.39. The molecule has 4 N–H and O–H groups in total. The van der Waals surface area contributed by atoms with Crippen molar-refractivity contribution in [3.05, 3.63) is 18.2 Å². The summed E-state index contributed by atoms with van der Waals surface area (Å²) in [6.07, 6.45) is 4.18. The van der Waals surface area contributed by atoms with Gasteiger partial charge in [0, 0.05) is 18.5 Å². The number of anilines is 2. The van der Waals surface area contributed by atoms with Crippen LogP contribution in [0.5, 0.6) is 5.75 Å². The fourth-order valence-electron chi connectivity index (χ4n) is 3.85. The lowest BCUT2D eigenvalue weighted by atomic mass is 9.70. The lowest BCUT2D eigenvalue weighted by molar-refractivity contribution is -0.137. The third kappa shape index (κ3) is 5.62. The van der Waals surface area contributed by atoms with Gasteiger partial charge in [0.1, 0.15) is 5.75 Å². The first kappa shape index (κ1) is 18.4. The average Bonchev–Trinajstić information content (AvgIpc) is 2.44. The number of carboxylic acids is 1. The van der Waals surface area contributed by atoms with Gasteiger partial charge in [-0.25, -0.2) is 0 Å². The first-order valence-electron chi connectivity index (χ1n) is 8.76. The Morgan fingerprint density at radius 3 is 2.79 bits per heavy atom. The van der Waals surface area contributed by atoms with Crippen molar-refractivity contribution < 1.29 is 14.6 Å². The van der Waals surface area contributed by atoms with E-state index in [0.29, 0.717) is 41.8 Å². The standard InChI is InChI=1S/C19H30N2O3/c1-13-9-14(12-19(2,3)11-13)21-17-7-6-15(10-16(17)20)24-8-4-5-18(22)23/h6-7,10,13-14,21H,4-5,8-9,11-12,20H2,1-3H3,(H,22,23). The molecule has 1 fully saturated rings. The van der Waals surface area contributed by atoms with Crippen LogP contribution in [0.2, 0.25) is 0 Å². The van der Waals surface area contributed by atoms with E-state index in [0.717, 1.165) is 18.5 Å². The van der Waals surface area contributed by atoms with Crippen LogP contribution in [0.15, 0.2) is 18.2 Å². The van der Waals surface area contributed by atoms with Crippen LogP contribution in [0, 0.1) is 11.3 Å². The predicted octanol–water partition coefficient (Wildman–Crippen LogP) is 4.14. The van der Waals surface area contributed by atoms with E-state index in [1.807, 2.05) is 12.1 Å². The Bertz CT molecular complexity index is 572. The quantitative estimate of drug-likeness (QED) is 0.515. The zero-order valence-corrected chi connectivity index (χ0v) is 15.0. The van der Waals surface area contributed by atoms with Gasteiger partial charge in [-0.05, 0) is 49.1 Å². The normalized spacial score (nSPS) is 22.8. The highest BCUT2D eigenvalue weighted by molar-refractivity contribution is 5.68. The fourth-order valence-corrected chi connectivity index (χ4v) is 3.85. The first-order chi connectivity index (χ1) is 11.2. The third-order valence-electron chi connectivity index (χ3n) is 4.57. The van der Waals surface area contributed by atoms with Gasteiger partial charge in [0.05, 0.1) is 18.0 Å². The zero-order chi connectivity index (χ0) is 17.7. The lowest BCUT2D eigenvalue weighted by Crippen LogP contribution is -2.35. The number of nitrogens with one attached hydrogen (secondary N) is 1. The summed E-state index contributed by atoms with van der Waals surface area (Å²) in [6.45, 7) is 7.35. The molecule has 1 saturated carbocycles. The topological polar surface area (TPSA) is 84.6 Å². The van der Waals surface area contributed by atoms with E-state index >= 15 is 0 Å². The maximum atomic E-state index is 10.5. The molecule has 1 aromatic rings. The maximum Gasteiger partial charge on any atom is 0.303 e. The molecular weight excluding hydrogens is 304 g/mol. The Hall–Kier alpha value is -1.91. The second kappa shape index (κ2) is 7.77. The highest BCUT2D eigenvalue weighted by Crippen LogP contribution is 2.40. The number of nitrogen functional groups attached to an aromatic ring is 1. The summed E-state index contributed by atoms with van der Waals surface area (Å²) >= 11 is 0. The molecule has 0 spiro atoms. The van der Waals surface area contributed by atoms with Gasteiger partial charge in [-0.15, -0.1) is 0 Å². The average molecular weight is 334 g/mol. The maximum absolute atomic E-state index is 10.5. The number of ether oxygens (including phenoxy) is 1. The molecule has 1 aromatic carbocycles. The van der Waals surface area contributed by atoms with Crippen molar-refractivity contribution in [1.82, 2.24) is 0 Å². The number of benzene rings is 1. The monoisotopic (exact) mass is 334 g/mol. The molecule has 0 aromatic heterocycles. The van der Waals surface area contributed by atoms with Gasteiger partial charge in [0.2, 0.25) is 0 Å². The van der Waals surface area contributed by atoms with Crippen LogP contribution < -0.4 is 15.8 Å². The number of aliphatic carboxylic acids is 1. The number of carbonyl (C=O) groups is 1. The SMILES string of the molecule is CC1CC(Nc2ccc(OCCCC(=O)O)cc2N)CC(C)(C)C1. The molecular formula is C19H30N2O3. The first-order valence-corrected chi connectivity index (χ1v) is 8.76. The Morgan fingerprint density at radius 1 is 1.42 bits per heavy atom. The van der Waals surface area contributed by atoms with Gasteiger partial charge in [0.15, 0.2) is 0 Å². The number of rotatable bonds is 7. The molecule has 2 unspecified atom stereocenters. The summed E-state index contributed by atoms with van der Waals surface area (Å²) in [6, 6.07) is 6.08. The zero-order valence-electron chi connectivity index (χ0n) is 15.0. The Balaban J connectivity index is 1.91. The van der Waals surface area contributed by atoms with Gasteiger partial charge >= 0.3 is 5.97 Å². The number of hydrogen-bond donors (Lipinski definition) is 3. The van der Waals surface area contributed by atoms with Crippen LogP contribution in [0.25, 0.3) is 0 Å². The second-order valence-electron chi connectivity index (χ2n) is 7.85. The minimum absolute atomic E-state index is 0.116. The van der Waals surface area contributed by atoms with Crippen LogP contribution in [0.3, 0.4) is 0 Å². The fraction of sp³-hybridized carbons (Fsp3) is 0.632. The van der Waals surface area contributed by atoms with E-state index in [1.165, 1.54) is 6.42 Å². The molecule has 0 saturated heterocycles. The molecule has 1 aliphatic carbocycles. The van der Waals surface area contributed by atoms with Crippen molar-refractivity contribution in [2.24, 2.45) is 11.3 Å². The smallest absolute Gasteiger partial charge is 0.303 e. The van der Waals surface area contributed by atoms with Gasteiger partial charge in [-0.3, -0.25) is 4.79 Å². The van der Waals surface area contributed by atoms with E-state index in [9.17, 15) is 4.79 Å². The molecule has 0 heterocycles. The Kier molecular flexibility index (Phi) is 5.97. The summed E-state index contributed by atoms with van der Waals surface area (Å²) in [7, 11) is 0. The van der Waals surface area contributed by atoms with Crippen LogP contribution >= 0.6 is 0 Å². The van der Waals surface area contributed by atoms with E-state index < -0.39 is 5.97 Å². The highest BCUT2D eigenvalue weighted by Gasteiger charge is 2.32. The summed E-state index contributed by atoms with van der Waals surface area (Å²) in [5.74, 6) is 0.590. The van der Waals surface area contributed by atoms with E-state index in [2.05, 4.69) is 26.1 Å². The second-order valence-corrected chi connectivity index (χ2v) is 7.85. The number of carboxylic acid groups (broad SMARTS) is 1. The molecule has 1 aliphatic rings. The van der Waals surface area contributed by atoms with Crippen molar-refractivity contribution in [3.63, 3.8) is 0 Å². The summed E-state index contributed by atoms with van der Waals surface area (Å²) in [4.78, 5) is 10.5. The van der Waals surface area contributed by atoms with E-state index in [-0.39, 0.29) is 6.42 Å². The van der Waals surface area contributed by atoms with Crippen LogP contribution in [0.4, 0.5) is 11.4 Å². The molecule has 5 nitrogen and oxygen atoms in total. The van der Waals surface area contributed by atoms with Crippen LogP contribution in [-0.2, 0) is 4.79 Å². The van der Waals surface area contributed by atoms with Crippen molar-refractivity contribution in [3.8, 4) is 5.75 Å². The third-order valence-corrected chi connectivity index (χ3v) is 4.57. The van der Waals surface area contributed by atoms with Crippen molar-refractivity contribution >= 4 is 17.3 Å². The van der Waals surface area contributed by atoms with Gasteiger partial charge in [0.25, 0.3) is 0 Å². The van der Waals surface area contributed by atoms with Gasteiger partial charge < -0.3 is 20.9 Å². The molecule has 2 rings (SSSR count). The van der Waals surface area contributed by atoms with Crippen molar-refractivity contribution in [1.29, 1.82) is 0 Å². The predicted molar refractivity (Wildman–Crippen MR) is 97.4 cm³/mol. The summed E-state index contributed by atoms with van der Waals surface area (Å²) in [5.41, 5.74) is 8.13. The number of nitrogens with two attached hydrogens (primary N) is 1. The summed E-state index contributed by atoms with van der Waals surface area (Å²) < 4.78 is 5.56. The molecule has 0 radical (unpaired) electrons. The largest absolute Gasteiger partial charge is 0.494 e. The molecule has 5 heteroatoms. The molecule has 0 aliphatic heterocycles. The van der Waals surface area contributed by atoms with E-state index in [1.54, 1.807) is 6.07 Å². The highest BCUT2D eigenvalue weighted by atomic mass is 16.5. The summed E-state index contributed by atoms with van der Waals surface area (Å²) in [5, 5.41) is 12.2.